The first-order valence-corrected chi connectivity index (χ1v) is 9.18. The third kappa shape index (κ3) is 3.77. The molecular formula is C23H18N4O2. The number of ether oxygens (including phenoxy) is 1. The Morgan fingerprint density at radius 2 is 1.93 bits per heavy atom. The summed E-state index contributed by atoms with van der Waals surface area (Å²) in [5.41, 5.74) is 10.5. The Bertz CT molecular complexity index is 1160. The first kappa shape index (κ1) is 18.5. The first-order chi connectivity index (χ1) is 14.2. The molecule has 0 unspecified atom stereocenters. The quantitative estimate of drug-likeness (QED) is 0.727. The fraction of sp³-hybridized carbons (Fsp3) is 0.130. The fourth-order valence-electron chi connectivity index (χ4n) is 3.31. The van der Waals surface area contributed by atoms with Crippen molar-refractivity contribution >= 4 is 11.5 Å². The lowest BCUT2D eigenvalue weighted by atomic mass is 9.93. The van der Waals surface area contributed by atoms with Crippen molar-refractivity contribution in [1.29, 1.82) is 5.26 Å². The Balaban J connectivity index is 1.68. The van der Waals surface area contributed by atoms with Gasteiger partial charge in [-0.25, -0.2) is 0 Å². The molecule has 1 aromatic heterocycles. The van der Waals surface area contributed by atoms with Crippen LogP contribution in [0.2, 0.25) is 0 Å². The van der Waals surface area contributed by atoms with Gasteiger partial charge >= 0.3 is 0 Å². The summed E-state index contributed by atoms with van der Waals surface area (Å²) in [6, 6.07) is 17.1. The first-order valence-electron chi connectivity index (χ1n) is 9.18. The molecule has 0 fully saturated rings. The van der Waals surface area contributed by atoms with E-state index in [1.807, 2.05) is 48.5 Å². The Kier molecular flexibility index (Phi) is 5.14. The molecule has 6 nitrogen and oxygen atoms in total. The van der Waals surface area contributed by atoms with Crippen molar-refractivity contribution in [2.75, 3.05) is 13.1 Å². The fourth-order valence-corrected chi connectivity index (χ4v) is 3.31. The number of carbonyl (C=O) groups excluding carboxylic acids is 1. The maximum absolute atomic E-state index is 12.1. The molecule has 0 atom stereocenters. The van der Waals surface area contributed by atoms with E-state index in [9.17, 15) is 4.79 Å². The summed E-state index contributed by atoms with van der Waals surface area (Å²) in [4.78, 5) is 20.7. The van der Waals surface area contributed by atoms with Crippen molar-refractivity contribution in [2.45, 2.75) is 6.42 Å². The lowest BCUT2D eigenvalue weighted by molar-refractivity contribution is 0.1000. The molecule has 0 aliphatic carbocycles. The number of ketones is 1. The van der Waals surface area contributed by atoms with Crippen LogP contribution in [0, 0.1) is 11.3 Å². The van der Waals surface area contributed by atoms with Gasteiger partial charge < -0.3 is 10.5 Å². The maximum Gasteiger partial charge on any atom is 0.184 e. The number of hydrogen-bond acceptors (Lipinski definition) is 6. The summed E-state index contributed by atoms with van der Waals surface area (Å²) in [5.74, 6) is 1.18. The zero-order valence-electron chi connectivity index (χ0n) is 15.6. The van der Waals surface area contributed by atoms with Crippen LogP contribution in [0.15, 0.2) is 65.9 Å². The second kappa shape index (κ2) is 8.05. The van der Waals surface area contributed by atoms with E-state index in [0.717, 1.165) is 28.0 Å². The van der Waals surface area contributed by atoms with E-state index in [0.29, 0.717) is 17.1 Å². The molecular weight excluding hydrogens is 364 g/mol. The summed E-state index contributed by atoms with van der Waals surface area (Å²) in [5, 5.41) is 9.00. The van der Waals surface area contributed by atoms with Crippen molar-refractivity contribution in [3.63, 3.8) is 0 Å². The highest BCUT2D eigenvalue weighted by atomic mass is 16.5. The van der Waals surface area contributed by atoms with E-state index in [1.165, 1.54) is 0 Å². The maximum atomic E-state index is 12.1. The van der Waals surface area contributed by atoms with Gasteiger partial charge in [0.1, 0.15) is 18.0 Å². The smallest absolute Gasteiger partial charge is 0.184 e. The van der Waals surface area contributed by atoms with Crippen molar-refractivity contribution < 1.29 is 9.53 Å². The molecule has 0 radical (unpaired) electrons. The van der Waals surface area contributed by atoms with E-state index in [2.05, 4.69) is 16.0 Å². The number of pyridine rings is 1. The predicted octanol–water partition coefficient (Wildman–Crippen LogP) is 3.55. The number of aliphatic imine (C=N–C) groups is 1. The largest absolute Gasteiger partial charge is 0.455 e. The molecule has 2 aromatic carbocycles. The standard InChI is InChI=1S/C23H18N4O2/c24-8-7-15-3-1-2-4-23(15)29-18-9-17(12-26-13-18)16-5-6-19-20(10-16)21(11-25)27-14-22(19)28/h1-6,9-10,12-13H,7,11,14,25H2. The Morgan fingerprint density at radius 1 is 1.07 bits per heavy atom. The zero-order valence-corrected chi connectivity index (χ0v) is 15.6. The monoisotopic (exact) mass is 382 g/mol. The molecule has 6 heteroatoms. The molecule has 3 aromatic rings. The Morgan fingerprint density at radius 3 is 2.76 bits per heavy atom. The summed E-state index contributed by atoms with van der Waals surface area (Å²) >= 11 is 0. The lowest BCUT2D eigenvalue weighted by Crippen LogP contribution is -2.24. The molecule has 0 spiro atoms. The number of aromatic nitrogens is 1. The molecule has 1 aliphatic heterocycles. The summed E-state index contributed by atoms with van der Waals surface area (Å²) < 4.78 is 5.98. The second-order valence-corrected chi connectivity index (χ2v) is 6.60. The van der Waals surface area contributed by atoms with Gasteiger partial charge in [0.05, 0.1) is 24.4 Å². The summed E-state index contributed by atoms with van der Waals surface area (Å²) in [7, 11) is 0. The SMILES string of the molecule is N#CCc1ccccc1Oc1cncc(-c2ccc3c(c2)C(CN)=NCC3=O)c1. The number of rotatable bonds is 5. The van der Waals surface area contributed by atoms with Crippen molar-refractivity contribution in [3.8, 4) is 28.7 Å². The summed E-state index contributed by atoms with van der Waals surface area (Å²) in [6.07, 6.45) is 3.63. The van der Waals surface area contributed by atoms with Crippen LogP contribution in [0.5, 0.6) is 11.5 Å². The van der Waals surface area contributed by atoms with Crippen LogP contribution >= 0.6 is 0 Å². The van der Waals surface area contributed by atoms with Gasteiger partial charge in [-0.3, -0.25) is 14.8 Å². The second-order valence-electron chi connectivity index (χ2n) is 6.60. The van der Waals surface area contributed by atoms with E-state index < -0.39 is 0 Å². The highest BCUT2D eigenvalue weighted by Gasteiger charge is 2.20. The van der Waals surface area contributed by atoms with Gasteiger partial charge in [0.2, 0.25) is 0 Å². The van der Waals surface area contributed by atoms with Crippen molar-refractivity contribution in [1.82, 2.24) is 4.98 Å². The highest BCUT2D eigenvalue weighted by molar-refractivity contribution is 6.16. The molecule has 29 heavy (non-hydrogen) atoms. The van der Waals surface area contributed by atoms with Crippen LogP contribution in [0.1, 0.15) is 21.5 Å². The van der Waals surface area contributed by atoms with Gasteiger partial charge in [0.15, 0.2) is 5.78 Å². The Labute approximate surface area is 168 Å². The average Bonchev–Trinajstić information content (AvgIpc) is 2.76. The van der Waals surface area contributed by atoms with Crippen LogP contribution in [-0.2, 0) is 6.42 Å². The van der Waals surface area contributed by atoms with E-state index in [-0.39, 0.29) is 25.3 Å². The minimum absolute atomic E-state index is 0.00643. The van der Waals surface area contributed by atoms with Gasteiger partial charge in [-0.1, -0.05) is 30.3 Å². The van der Waals surface area contributed by atoms with Gasteiger partial charge in [0, 0.05) is 35.0 Å². The highest BCUT2D eigenvalue weighted by Crippen LogP contribution is 2.30. The molecule has 1 aliphatic rings. The van der Waals surface area contributed by atoms with Gasteiger partial charge in [-0.15, -0.1) is 0 Å². The molecule has 2 N–H and O–H groups in total. The number of benzene rings is 2. The van der Waals surface area contributed by atoms with E-state index in [4.69, 9.17) is 15.7 Å². The van der Waals surface area contributed by atoms with Crippen LogP contribution in [0.25, 0.3) is 11.1 Å². The van der Waals surface area contributed by atoms with Crippen LogP contribution in [0.4, 0.5) is 0 Å². The number of nitrogens with zero attached hydrogens (tertiary/aromatic N) is 3. The topological polar surface area (TPSA) is 101 Å². The number of fused-ring (bicyclic) bond motifs is 1. The zero-order chi connectivity index (χ0) is 20.2. The number of hydrogen-bond donors (Lipinski definition) is 1. The van der Waals surface area contributed by atoms with Crippen molar-refractivity contribution in [3.05, 3.63) is 77.6 Å². The summed E-state index contributed by atoms with van der Waals surface area (Å²) in [6.45, 7) is 0.423. The number of carbonyl (C=O) groups is 1. The third-order valence-electron chi connectivity index (χ3n) is 4.75. The normalized spacial score (nSPS) is 12.7. The van der Waals surface area contributed by atoms with Crippen LogP contribution in [0.3, 0.4) is 0 Å². The minimum Gasteiger partial charge on any atom is -0.455 e. The molecule has 0 saturated heterocycles. The predicted molar refractivity (Wildman–Crippen MR) is 110 cm³/mol. The van der Waals surface area contributed by atoms with E-state index in [1.54, 1.807) is 12.4 Å². The molecule has 0 amide bonds. The third-order valence-corrected chi connectivity index (χ3v) is 4.75. The average molecular weight is 382 g/mol. The molecule has 4 rings (SSSR count). The molecule has 0 bridgehead atoms. The van der Waals surface area contributed by atoms with Gasteiger partial charge in [-0.2, -0.15) is 5.26 Å². The molecule has 2 heterocycles. The van der Waals surface area contributed by atoms with Crippen LogP contribution < -0.4 is 10.5 Å². The molecule has 0 saturated carbocycles. The van der Waals surface area contributed by atoms with Gasteiger partial charge in [0.25, 0.3) is 0 Å². The van der Waals surface area contributed by atoms with Crippen LogP contribution in [-0.4, -0.2) is 29.6 Å². The lowest BCUT2D eigenvalue weighted by Gasteiger charge is -2.16. The van der Waals surface area contributed by atoms with Crippen molar-refractivity contribution in [2.24, 2.45) is 10.7 Å². The molecule has 142 valence electrons. The van der Waals surface area contributed by atoms with E-state index >= 15 is 0 Å². The minimum atomic E-state index is -0.00643. The van der Waals surface area contributed by atoms with Gasteiger partial charge in [-0.05, 0) is 23.8 Å². The number of nitriles is 1. The number of para-hydroxylation sites is 1. The number of nitrogens with two attached hydrogens (primary N) is 1. The Hall–Kier alpha value is -3.82. The number of Topliss-reactive ketones (excluding diaryl/α,β-unsaturated/α-hetero) is 1.